The molecule has 30 heavy (non-hydrogen) atoms. The zero-order valence-electron chi connectivity index (χ0n) is 17.8. The van der Waals surface area contributed by atoms with E-state index in [0.29, 0.717) is 29.3 Å². The summed E-state index contributed by atoms with van der Waals surface area (Å²) in [6.07, 6.45) is 6.82. The van der Waals surface area contributed by atoms with Gasteiger partial charge in [-0.3, -0.25) is 4.79 Å². The van der Waals surface area contributed by atoms with Crippen LogP contribution in [0.25, 0.3) is 0 Å². The Labute approximate surface area is 177 Å². The molecule has 0 bridgehead atoms. The molecule has 2 aromatic rings. The van der Waals surface area contributed by atoms with E-state index in [1.54, 1.807) is 18.3 Å². The van der Waals surface area contributed by atoms with Crippen LogP contribution in [0.3, 0.4) is 0 Å². The zero-order valence-corrected chi connectivity index (χ0v) is 17.8. The molecule has 1 aliphatic heterocycles. The highest BCUT2D eigenvalue weighted by atomic mass is 16.1. The van der Waals surface area contributed by atoms with E-state index >= 15 is 0 Å². The van der Waals surface area contributed by atoms with Gasteiger partial charge in [0.2, 0.25) is 11.9 Å². The molecular weight excluding hydrogens is 380 g/mol. The lowest BCUT2D eigenvalue weighted by molar-refractivity contribution is 0.0937. The van der Waals surface area contributed by atoms with Crippen LogP contribution in [0.5, 0.6) is 0 Å². The quantitative estimate of drug-likeness (QED) is 0.746. The van der Waals surface area contributed by atoms with E-state index in [2.05, 4.69) is 47.4 Å². The predicted octanol–water partition coefficient (Wildman–Crippen LogP) is 2.00. The van der Waals surface area contributed by atoms with E-state index in [4.69, 9.17) is 0 Å². The fraction of sp³-hybridized carbons (Fsp3) is 0.571. The first-order chi connectivity index (χ1) is 14.6. The Morgan fingerprint density at radius 2 is 1.87 bits per heavy atom. The summed E-state index contributed by atoms with van der Waals surface area (Å²) in [6.45, 7) is 5.80. The second-order valence-electron chi connectivity index (χ2n) is 8.03. The lowest BCUT2D eigenvalue weighted by Crippen LogP contribution is -2.45. The van der Waals surface area contributed by atoms with Gasteiger partial charge in [-0.05, 0) is 32.0 Å². The van der Waals surface area contributed by atoms with Gasteiger partial charge in [-0.2, -0.15) is 15.0 Å². The molecule has 9 nitrogen and oxygen atoms in total. The highest BCUT2D eigenvalue weighted by Gasteiger charge is 2.19. The first-order valence-electron chi connectivity index (χ1n) is 10.8. The highest BCUT2D eigenvalue weighted by molar-refractivity contribution is 5.94. The average molecular weight is 411 g/mol. The third-order valence-electron chi connectivity index (χ3n) is 5.73. The maximum Gasteiger partial charge on any atom is 0.253 e. The van der Waals surface area contributed by atoms with E-state index in [0.717, 1.165) is 51.3 Å². The van der Waals surface area contributed by atoms with Crippen LogP contribution in [0.15, 0.2) is 18.3 Å². The first-order valence-corrected chi connectivity index (χ1v) is 10.8. The van der Waals surface area contributed by atoms with E-state index in [1.165, 1.54) is 12.8 Å². The molecule has 2 aromatic heterocycles. The Morgan fingerprint density at radius 1 is 1.10 bits per heavy atom. The van der Waals surface area contributed by atoms with E-state index in [9.17, 15) is 4.79 Å². The molecule has 1 saturated carbocycles. The van der Waals surface area contributed by atoms with Crippen molar-refractivity contribution < 1.29 is 4.79 Å². The standard InChI is InChI=1S/C21H30N8O/c1-3-17-24-20(27-21(26-17)29-12-10-28(2)11-13-29)25-18-9-8-15(14-22-18)19(30)23-16-6-4-5-7-16/h8-9,14,16H,3-7,10-13H2,1-2H3,(H,23,30)(H,22,24,25,26,27). The summed E-state index contributed by atoms with van der Waals surface area (Å²) in [5.41, 5.74) is 0.565. The number of amides is 1. The normalized spacial score (nSPS) is 17.9. The van der Waals surface area contributed by atoms with Gasteiger partial charge in [0, 0.05) is 44.8 Å². The summed E-state index contributed by atoms with van der Waals surface area (Å²) in [6, 6.07) is 3.86. The van der Waals surface area contributed by atoms with Crippen LogP contribution in [-0.2, 0) is 6.42 Å². The zero-order chi connectivity index (χ0) is 20.9. The molecular formula is C21H30N8O. The molecule has 0 aromatic carbocycles. The molecule has 2 fully saturated rings. The lowest BCUT2D eigenvalue weighted by atomic mass is 10.2. The maximum absolute atomic E-state index is 12.4. The summed E-state index contributed by atoms with van der Waals surface area (Å²) in [5, 5.41) is 6.25. The Hall–Kier alpha value is -2.81. The number of carbonyl (C=O) groups excluding carboxylic acids is 1. The van der Waals surface area contributed by atoms with Gasteiger partial charge in [0.1, 0.15) is 11.6 Å². The number of piperazine rings is 1. The van der Waals surface area contributed by atoms with Crippen molar-refractivity contribution in [3.63, 3.8) is 0 Å². The van der Waals surface area contributed by atoms with Crippen molar-refractivity contribution in [2.24, 2.45) is 0 Å². The minimum absolute atomic E-state index is 0.0632. The summed E-state index contributed by atoms with van der Waals surface area (Å²) in [4.78, 5) is 35.0. The summed E-state index contributed by atoms with van der Waals surface area (Å²) >= 11 is 0. The number of carbonyl (C=O) groups is 1. The molecule has 4 rings (SSSR count). The third-order valence-corrected chi connectivity index (χ3v) is 5.73. The SMILES string of the molecule is CCc1nc(Nc2ccc(C(=O)NC3CCCC3)cn2)nc(N2CCN(C)CC2)n1. The number of hydrogen-bond acceptors (Lipinski definition) is 8. The Kier molecular flexibility index (Phi) is 6.37. The maximum atomic E-state index is 12.4. The molecule has 2 N–H and O–H groups in total. The number of rotatable bonds is 6. The van der Waals surface area contributed by atoms with Crippen molar-refractivity contribution >= 4 is 23.6 Å². The van der Waals surface area contributed by atoms with Crippen molar-refractivity contribution in [1.82, 2.24) is 30.2 Å². The number of anilines is 3. The van der Waals surface area contributed by atoms with Crippen molar-refractivity contribution in [3.05, 3.63) is 29.7 Å². The lowest BCUT2D eigenvalue weighted by Gasteiger charge is -2.32. The molecule has 1 saturated heterocycles. The van der Waals surface area contributed by atoms with Crippen LogP contribution < -0.4 is 15.5 Å². The van der Waals surface area contributed by atoms with Gasteiger partial charge in [0.25, 0.3) is 5.91 Å². The molecule has 0 unspecified atom stereocenters. The minimum atomic E-state index is -0.0632. The summed E-state index contributed by atoms with van der Waals surface area (Å²) < 4.78 is 0. The molecule has 160 valence electrons. The molecule has 0 radical (unpaired) electrons. The number of likely N-dealkylation sites (N-methyl/N-ethyl adjacent to an activating group) is 1. The first kappa shape index (κ1) is 20.5. The summed E-state index contributed by atoms with van der Waals surface area (Å²) in [7, 11) is 2.12. The molecule has 3 heterocycles. The number of nitrogens with zero attached hydrogens (tertiary/aromatic N) is 6. The van der Waals surface area contributed by atoms with Gasteiger partial charge >= 0.3 is 0 Å². The fourth-order valence-electron chi connectivity index (χ4n) is 3.82. The van der Waals surface area contributed by atoms with Crippen molar-refractivity contribution in [3.8, 4) is 0 Å². The van der Waals surface area contributed by atoms with E-state index in [1.807, 2.05) is 6.92 Å². The van der Waals surface area contributed by atoms with Gasteiger partial charge in [-0.25, -0.2) is 4.98 Å². The van der Waals surface area contributed by atoms with Crippen LogP contribution in [0.1, 0.15) is 48.8 Å². The average Bonchev–Trinajstić information content (AvgIpc) is 3.27. The minimum Gasteiger partial charge on any atom is -0.349 e. The second kappa shape index (κ2) is 9.34. The van der Waals surface area contributed by atoms with Crippen LogP contribution in [0.4, 0.5) is 17.7 Å². The smallest absolute Gasteiger partial charge is 0.253 e. The van der Waals surface area contributed by atoms with E-state index < -0.39 is 0 Å². The van der Waals surface area contributed by atoms with Crippen molar-refractivity contribution in [2.75, 3.05) is 43.4 Å². The molecule has 0 spiro atoms. The molecule has 1 amide bonds. The number of aromatic nitrogens is 4. The van der Waals surface area contributed by atoms with Gasteiger partial charge in [-0.1, -0.05) is 19.8 Å². The molecule has 2 aliphatic rings. The number of aryl methyl sites for hydroxylation is 1. The number of pyridine rings is 1. The van der Waals surface area contributed by atoms with Crippen LogP contribution in [0.2, 0.25) is 0 Å². The van der Waals surface area contributed by atoms with Gasteiger partial charge in [0.15, 0.2) is 0 Å². The second-order valence-corrected chi connectivity index (χ2v) is 8.03. The van der Waals surface area contributed by atoms with Crippen molar-refractivity contribution in [2.45, 2.75) is 45.1 Å². The van der Waals surface area contributed by atoms with Gasteiger partial charge in [0.05, 0.1) is 5.56 Å². The Balaban J connectivity index is 1.44. The summed E-state index contributed by atoms with van der Waals surface area (Å²) in [5.74, 6) is 2.46. The van der Waals surface area contributed by atoms with Crippen LogP contribution in [0, 0.1) is 0 Å². The topological polar surface area (TPSA) is 99.2 Å². The Morgan fingerprint density at radius 3 is 2.53 bits per heavy atom. The molecule has 0 atom stereocenters. The van der Waals surface area contributed by atoms with Gasteiger partial charge < -0.3 is 20.4 Å². The molecule has 9 heteroatoms. The van der Waals surface area contributed by atoms with E-state index in [-0.39, 0.29) is 5.91 Å². The predicted molar refractivity (Wildman–Crippen MR) is 116 cm³/mol. The monoisotopic (exact) mass is 410 g/mol. The largest absolute Gasteiger partial charge is 0.349 e. The number of nitrogens with one attached hydrogen (secondary N) is 2. The van der Waals surface area contributed by atoms with Gasteiger partial charge in [-0.15, -0.1) is 0 Å². The third kappa shape index (κ3) is 5.02. The van der Waals surface area contributed by atoms with Crippen molar-refractivity contribution in [1.29, 1.82) is 0 Å². The highest BCUT2D eigenvalue weighted by Crippen LogP contribution is 2.19. The van der Waals surface area contributed by atoms with Crippen LogP contribution in [-0.4, -0.2) is 70.0 Å². The Bertz CT molecular complexity index is 858. The fourth-order valence-corrected chi connectivity index (χ4v) is 3.82. The molecule has 1 aliphatic carbocycles. The van der Waals surface area contributed by atoms with Crippen LogP contribution >= 0.6 is 0 Å². The number of hydrogen-bond donors (Lipinski definition) is 2.